The number of thioether (sulfide) groups is 1. The fraction of sp³-hybridized carbons (Fsp3) is 0.500. The Morgan fingerprint density at radius 3 is 2.83 bits per heavy atom. The first kappa shape index (κ1) is 15.8. The van der Waals surface area contributed by atoms with Crippen molar-refractivity contribution < 1.29 is 18.0 Å². The highest BCUT2D eigenvalue weighted by Gasteiger charge is 2.43. The van der Waals surface area contributed by atoms with Gasteiger partial charge in [-0.3, -0.25) is 4.79 Å². The van der Waals surface area contributed by atoms with Gasteiger partial charge in [0.25, 0.3) is 5.91 Å². The Morgan fingerprint density at radius 2 is 2.26 bits per heavy atom. The van der Waals surface area contributed by atoms with Gasteiger partial charge in [-0.25, -0.2) is 0 Å². The van der Waals surface area contributed by atoms with Gasteiger partial charge >= 0.3 is 6.18 Å². The van der Waals surface area contributed by atoms with Crippen molar-refractivity contribution in [3.8, 4) is 0 Å². The Morgan fingerprint density at radius 1 is 1.48 bits per heavy atom. The maximum Gasteiger partial charge on any atom is 0.418 e. The molecule has 7 nitrogen and oxygen atoms in total. The number of amides is 1. The molecule has 1 unspecified atom stereocenters. The van der Waals surface area contributed by atoms with Crippen LogP contribution in [0.15, 0.2) is 12.4 Å². The maximum atomic E-state index is 13.1. The molecule has 0 aliphatic carbocycles. The lowest BCUT2D eigenvalue weighted by atomic mass is 9.97. The van der Waals surface area contributed by atoms with Gasteiger partial charge in [0.1, 0.15) is 5.54 Å². The van der Waals surface area contributed by atoms with Gasteiger partial charge in [0.05, 0.1) is 11.1 Å². The second-order valence-electron chi connectivity index (χ2n) is 5.32. The SMILES string of the molecule is Cn1cc(C(=O)NC2(c3nn[nH]n3)CCSC2)c(C(F)(F)F)c1. The van der Waals surface area contributed by atoms with E-state index in [9.17, 15) is 18.0 Å². The largest absolute Gasteiger partial charge is 0.418 e. The van der Waals surface area contributed by atoms with Crippen molar-refractivity contribution in [3.63, 3.8) is 0 Å². The van der Waals surface area contributed by atoms with E-state index >= 15 is 0 Å². The van der Waals surface area contributed by atoms with E-state index in [0.717, 1.165) is 18.1 Å². The van der Waals surface area contributed by atoms with Crippen LogP contribution in [0, 0.1) is 0 Å². The Hall–Kier alpha value is -2.04. The zero-order chi connectivity index (χ0) is 16.7. The van der Waals surface area contributed by atoms with Crippen LogP contribution in [0.3, 0.4) is 0 Å². The van der Waals surface area contributed by atoms with Crippen molar-refractivity contribution >= 4 is 17.7 Å². The number of hydrogen-bond acceptors (Lipinski definition) is 5. The van der Waals surface area contributed by atoms with Crippen molar-refractivity contribution in [2.24, 2.45) is 7.05 Å². The Balaban J connectivity index is 1.92. The zero-order valence-electron chi connectivity index (χ0n) is 12.0. The van der Waals surface area contributed by atoms with Crippen LogP contribution in [-0.2, 0) is 18.8 Å². The smallest absolute Gasteiger partial charge is 0.356 e. The Kier molecular flexibility index (Phi) is 3.82. The summed E-state index contributed by atoms with van der Waals surface area (Å²) in [5.74, 6) is 0.702. The number of H-pyrrole nitrogens is 1. The average Bonchev–Trinajstić information content (AvgIpc) is 3.16. The third-order valence-electron chi connectivity index (χ3n) is 3.65. The molecule has 2 N–H and O–H groups in total. The Labute approximate surface area is 133 Å². The topological polar surface area (TPSA) is 88.5 Å². The second kappa shape index (κ2) is 5.55. The fourth-order valence-electron chi connectivity index (χ4n) is 2.54. The standard InChI is InChI=1S/C12H13F3N6OS/c1-21-4-7(8(5-21)12(13,14)15)9(22)16-11(2-3-23-6-11)10-17-19-20-18-10/h4-5H,2-3,6H2,1H3,(H,16,22)(H,17,18,19,20). The summed E-state index contributed by atoms with van der Waals surface area (Å²) in [5.41, 5.74) is -2.29. The van der Waals surface area contributed by atoms with Crippen molar-refractivity contribution in [1.29, 1.82) is 0 Å². The molecule has 11 heteroatoms. The number of alkyl halides is 3. The van der Waals surface area contributed by atoms with Crippen molar-refractivity contribution in [1.82, 2.24) is 30.5 Å². The van der Waals surface area contributed by atoms with Crippen LogP contribution in [0.25, 0.3) is 0 Å². The lowest BCUT2D eigenvalue weighted by Crippen LogP contribution is -2.47. The number of halogens is 3. The number of aromatic nitrogens is 5. The molecule has 1 aliphatic rings. The quantitative estimate of drug-likeness (QED) is 0.875. The molecule has 0 saturated carbocycles. The minimum atomic E-state index is -4.60. The number of aryl methyl sites for hydroxylation is 1. The highest BCUT2D eigenvalue weighted by Crippen LogP contribution is 2.36. The van der Waals surface area contributed by atoms with E-state index in [1.54, 1.807) is 11.8 Å². The summed E-state index contributed by atoms with van der Waals surface area (Å²) < 4.78 is 40.4. The number of hydrogen-bond donors (Lipinski definition) is 2. The molecule has 1 aliphatic heterocycles. The average molecular weight is 346 g/mol. The summed E-state index contributed by atoms with van der Waals surface area (Å²) >= 11 is 1.57. The number of nitrogens with zero attached hydrogens (tertiary/aromatic N) is 4. The van der Waals surface area contributed by atoms with Crippen LogP contribution in [0.4, 0.5) is 13.2 Å². The van der Waals surface area contributed by atoms with Crippen LogP contribution in [0.1, 0.15) is 28.2 Å². The van der Waals surface area contributed by atoms with Gasteiger partial charge in [-0.2, -0.15) is 30.1 Å². The lowest BCUT2D eigenvalue weighted by molar-refractivity contribution is -0.137. The molecule has 0 bridgehead atoms. The summed E-state index contributed by atoms with van der Waals surface area (Å²) in [4.78, 5) is 12.5. The van der Waals surface area contributed by atoms with E-state index in [1.165, 1.54) is 11.6 Å². The molecule has 3 rings (SSSR count). The van der Waals surface area contributed by atoms with E-state index in [1.807, 2.05) is 0 Å². The van der Waals surface area contributed by atoms with Gasteiger partial charge in [-0.1, -0.05) is 5.21 Å². The van der Waals surface area contributed by atoms with E-state index in [0.29, 0.717) is 12.2 Å². The van der Waals surface area contributed by atoms with E-state index in [2.05, 4.69) is 25.9 Å². The van der Waals surface area contributed by atoms with Crippen LogP contribution in [0.2, 0.25) is 0 Å². The summed E-state index contributed by atoms with van der Waals surface area (Å²) in [5, 5.41) is 16.2. The first-order valence-electron chi connectivity index (χ1n) is 6.69. The molecule has 1 fully saturated rings. The lowest BCUT2D eigenvalue weighted by Gasteiger charge is -2.26. The molecule has 3 heterocycles. The molecule has 0 radical (unpaired) electrons. The van der Waals surface area contributed by atoms with Gasteiger partial charge in [-0.15, -0.1) is 10.2 Å². The van der Waals surface area contributed by atoms with Crippen molar-refractivity contribution in [3.05, 3.63) is 29.3 Å². The monoisotopic (exact) mass is 346 g/mol. The number of carbonyl (C=O) groups excluding carboxylic acids is 1. The summed E-state index contributed by atoms with van der Waals surface area (Å²) in [6, 6.07) is 0. The third kappa shape index (κ3) is 2.92. The zero-order valence-corrected chi connectivity index (χ0v) is 12.8. The van der Waals surface area contributed by atoms with Crippen molar-refractivity contribution in [2.75, 3.05) is 11.5 Å². The second-order valence-corrected chi connectivity index (χ2v) is 6.43. The molecule has 1 saturated heterocycles. The molecular formula is C12H13F3N6OS. The number of rotatable bonds is 3. The molecule has 124 valence electrons. The normalized spacial score (nSPS) is 21.6. The molecule has 1 atom stereocenters. The molecule has 2 aromatic rings. The molecule has 1 amide bonds. The first-order chi connectivity index (χ1) is 10.8. The molecule has 2 aromatic heterocycles. The minimum Gasteiger partial charge on any atom is -0.356 e. The molecule has 23 heavy (non-hydrogen) atoms. The summed E-state index contributed by atoms with van der Waals surface area (Å²) in [6.07, 6.45) is -2.03. The Bertz CT molecular complexity index is 705. The van der Waals surface area contributed by atoms with Crippen molar-refractivity contribution in [2.45, 2.75) is 18.1 Å². The van der Waals surface area contributed by atoms with Gasteiger partial charge < -0.3 is 9.88 Å². The number of carbonyl (C=O) groups is 1. The van der Waals surface area contributed by atoms with Gasteiger partial charge in [-0.05, 0) is 12.2 Å². The van der Waals surface area contributed by atoms with Crippen LogP contribution in [0.5, 0.6) is 0 Å². The van der Waals surface area contributed by atoms with Crippen LogP contribution in [-0.4, -0.2) is 42.6 Å². The highest BCUT2D eigenvalue weighted by molar-refractivity contribution is 7.99. The maximum absolute atomic E-state index is 13.1. The van der Waals surface area contributed by atoms with E-state index in [-0.39, 0.29) is 5.82 Å². The third-order valence-corrected chi connectivity index (χ3v) is 4.84. The highest BCUT2D eigenvalue weighted by atomic mass is 32.2. The predicted octanol–water partition coefficient (Wildman–Crippen LogP) is 1.32. The number of aromatic amines is 1. The number of tetrazole rings is 1. The predicted molar refractivity (Wildman–Crippen MR) is 75.7 cm³/mol. The van der Waals surface area contributed by atoms with Crippen LogP contribution >= 0.6 is 11.8 Å². The summed E-state index contributed by atoms with van der Waals surface area (Å²) in [7, 11) is 1.44. The minimum absolute atomic E-state index is 0.278. The molecule has 0 aromatic carbocycles. The molecule has 0 spiro atoms. The van der Waals surface area contributed by atoms with Crippen LogP contribution < -0.4 is 5.32 Å². The number of nitrogens with one attached hydrogen (secondary N) is 2. The fourth-order valence-corrected chi connectivity index (χ4v) is 3.87. The first-order valence-corrected chi connectivity index (χ1v) is 7.85. The van der Waals surface area contributed by atoms with Gasteiger partial charge in [0.15, 0.2) is 0 Å². The molecular weight excluding hydrogens is 333 g/mol. The van der Waals surface area contributed by atoms with E-state index in [4.69, 9.17) is 0 Å². The van der Waals surface area contributed by atoms with E-state index < -0.39 is 28.7 Å². The van der Waals surface area contributed by atoms with Gasteiger partial charge in [0.2, 0.25) is 5.82 Å². The summed E-state index contributed by atoms with van der Waals surface area (Å²) in [6.45, 7) is 0. The van der Waals surface area contributed by atoms with Gasteiger partial charge in [0, 0.05) is 25.2 Å².